The Morgan fingerprint density at radius 1 is 0.679 bits per heavy atom. The van der Waals surface area contributed by atoms with E-state index in [0.717, 1.165) is 76.5 Å². The summed E-state index contributed by atoms with van der Waals surface area (Å²) in [5.41, 5.74) is 13.7. The van der Waals surface area contributed by atoms with Crippen molar-refractivity contribution in [3.05, 3.63) is 187 Å². The first-order valence-corrected chi connectivity index (χ1v) is 20.1. The zero-order chi connectivity index (χ0) is 37.3. The standard InChI is InChI=1S/C52H45N3O/c1-4-13-36(14-5-1)46-33-41(29-32-47(46)53-42-30-27-37(28-31-42)43-20-12-21-45-44-19-10-11-22-50(44)56-51(43)45)35-23-25-40(26-24-35)52-54-48(38-15-6-2-7-16-38)34-49(55-52)39-17-8-3-9-18-39/h1-8,10-15,17,19-25,27-33,38,40,48,52-54H,9,16,18,26,34H2. The van der Waals surface area contributed by atoms with Crippen molar-refractivity contribution in [2.24, 2.45) is 16.8 Å². The van der Waals surface area contributed by atoms with Gasteiger partial charge in [-0.3, -0.25) is 10.3 Å². The molecule has 4 atom stereocenters. The average molecular weight is 728 g/mol. The number of furan rings is 1. The first-order valence-electron chi connectivity index (χ1n) is 20.1. The lowest BCUT2D eigenvalue weighted by molar-refractivity contribution is 0.310. The molecule has 3 aliphatic carbocycles. The molecule has 0 fully saturated rings. The summed E-state index contributed by atoms with van der Waals surface area (Å²) in [6.07, 6.45) is 28.2. The summed E-state index contributed by atoms with van der Waals surface area (Å²) in [6.45, 7) is 0. The summed E-state index contributed by atoms with van der Waals surface area (Å²) >= 11 is 0. The van der Waals surface area contributed by atoms with Crippen molar-refractivity contribution < 1.29 is 4.42 Å². The third-order valence-electron chi connectivity index (χ3n) is 11.9. The lowest BCUT2D eigenvalue weighted by atomic mass is 9.83. The van der Waals surface area contributed by atoms with E-state index < -0.39 is 0 Å². The van der Waals surface area contributed by atoms with Gasteiger partial charge >= 0.3 is 0 Å². The number of rotatable bonds is 8. The maximum Gasteiger partial charge on any atom is 0.143 e. The van der Waals surface area contributed by atoms with Crippen LogP contribution in [0.25, 0.3) is 49.8 Å². The van der Waals surface area contributed by atoms with Gasteiger partial charge in [-0.25, -0.2) is 0 Å². The summed E-state index contributed by atoms with van der Waals surface area (Å²) in [5, 5.41) is 10.0. The Morgan fingerprint density at radius 2 is 1.52 bits per heavy atom. The van der Waals surface area contributed by atoms with Gasteiger partial charge in [0, 0.05) is 57.4 Å². The summed E-state index contributed by atoms with van der Waals surface area (Å²) < 4.78 is 6.34. The molecular weight excluding hydrogens is 683 g/mol. The highest BCUT2D eigenvalue weighted by molar-refractivity contribution is 6.09. The summed E-state index contributed by atoms with van der Waals surface area (Å²) in [7, 11) is 0. The summed E-state index contributed by atoms with van der Waals surface area (Å²) in [6, 6.07) is 41.2. The Balaban J connectivity index is 0.899. The normalized spacial score (nSPS) is 21.9. The Hall–Kier alpha value is -6.23. The van der Waals surface area contributed by atoms with Crippen LogP contribution in [0.1, 0.15) is 37.7 Å². The first kappa shape index (κ1) is 34.3. The molecule has 274 valence electrons. The van der Waals surface area contributed by atoms with E-state index in [1.807, 2.05) is 12.1 Å². The minimum Gasteiger partial charge on any atom is -0.455 e. The van der Waals surface area contributed by atoms with E-state index in [2.05, 4.69) is 175 Å². The number of nitrogens with zero attached hydrogens (tertiary/aromatic N) is 1. The van der Waals surface area contributed by atoms with Gasteiger partial charge in [-0.15, -0.1) is 0 Å². The van der Waals surface area contributed by atoms with Gasteiger partial charge in [0.05, 0.1) is 0 Å². The molecule has 4 nitrogen and oxygen atoms in total. The van der Waals surface area contributed by atoms with Crippen LogP contribution in [0.15, 0.2) is 191 Å². The van der Waals surface area contributed by atoms with Crippen LogP contribution in [-0.2, 0) is 0 Å². The van der Waals surface area contributed by atoms with Crippen molar-refractivity contribution in [1.82, 2.24) is 5.32 Å². The van der Waals surface area contributed by atoms with E-state index >= 15 is 0 Å². The fourth-order valence-electron chi connectivity index (χ4n) is 8.83. The van der Waals surface area contributed by atoms with Gasteiger partial charge in [0.2, 0.25) is 0 Å². The number of hydrogen-bond donors (Lipinski definition) is 2. The lowest BCUT2D eigenvalue weighted by Crippen LogP contribution is -2.50. The molecule has 56 heavy (non-hydrogen) atoms. The van der Waals surface area contributed by atoms with Crippen LogP contribution in [0.4, 0.5) is 11.4 Å². The topological polar surface area (TPSA) is 49.6 Å². The van der Waals surface area contributed by atoms with E-state index in [-0.39, 0.29) is 6.17 Å². The molecule has 0 radical (unpaired) electrons. The predicted octanol–water partition coefficient (Wildman–Crippen LogP) is 13.2. The van der Waals surface area contributed by atoms with Crippen molar-refractivity contribution in [3.63, 3.8) is 0 Å². The van der Waals surface area contributed by atoms with Crippen LogP contribution < -0.4 is 10.6 Å². The Morgan fingerprint density at radius 3 is 2.34 bits per heavy atom. The van der Waals surface area contributed by atoms with E-state index in [4.69, 9.17) is 9.41 Å². The van der Waals surface area contributed by atoms with Gasteiger partial charge in [0.25, 0.3) is 0 Å². The van der Waals surface area contributed by atoms with Gasteiger partial charge in [0.15, 0.2) is 0 Å². The molecule has 0 saturated heterocycles. The van der Waals surface area contributed by atoms with Crippen molar-refractivity contribution in [3.8, 4) is 22.3 Å². The molecule has 1 aliphatic heterocycles. The highest BCUT2D eigenvalue weighted by Crippen LogP contribution is 2.39. The molecule has 4 heteroatoms. The zero-order valence-electron chi connectivity index (χ0n) is 31.4. The zero-order valence-corrected chi connectivity index (χ0v) is 31.4. The number of aliphatic imine (C=N–C) groups is 1. The Bertz CT molecular complexity index is 2630. The van der Waals surface area contributed by atoms with Crippen LogP contribution in [0, 0.1) is 11.8 Å². The predicted molar refractivity (Wildman–Crippen MR) is 235 cm³/mol. The minimum absolute atomic E-state index is 0.0633. The second-order valence-electron chi connectivity index (χ2n) is 15.4. The molecule has 6 aromatic rings. The molecule has 2 N–H and O–H groups in total. The molecular formula is C52H45N3O. The number of nitrogens with one attached hydrogen (secondary N) is 2. The SMILES string of the molecule is C1=CCCC(C2=NC(C3C=CC(c4ccc(Nc5ccc(-c6cccc7c6oc6ccccc67)cc5)c(-c5ccccc5)c4)=CC3)NC(C3C=CC=CC3)C2)=C1. The van der Waals surface area contributed by atoms with Gasteiger partial charge in [-0.1, -0.05) is 146 Å². The van der Waals surface area contributed by atoms with Crippen LogP contribution in [0.3, 0.4) is 0 Å². The fourth-order valence-corrected chi connectivity index (χ4v) is 8.83. The van der Waals surface area contributed by atoms with Crippen molar-refractivity contribution in [2.45, 2.75) is 44.3 Å². The molecule has 4 aliphatic rings. The maximum absolute atomic E-state index is 6.34. The number of hydrogen-bond acceptors (Lipinski definition) is 4. The monoisotopic (exact) mass is 727 g/mol. The van der Waals surface area contributed by atoms with Gasteiger partial charge in [-0.2, -0.15) is 0 Å². The molecule has 0 spiro atoms. The third kappa shape index (κ3) is 6.82. The van der Waals surface area contributed by atoms with Crippen molar-refractivity contribution in [1.29, 1.82) is 0 Å². The van der Waals surface area contributed by atoms with E-state index in [0.29, 0.717) is 17.9 Å². The number of para-hydroxylation sites is 2. The number of anilines is 2. The molecule has 10 rings (SSSR count). The molecule has 5 aromatic carbocycles. The van der Waals surface area contributed by atoms with Crippen LogP contribution >= 0.6 is 0 Å². The smallest absolute Gasteiger partial charge is 0.143 e. The summed E-state index contributed by atoms with van der Waals surface area (Å²) in [5.74, 6) is 0.793. The van der Waals surface area contributed by atoms with Crippen LogP contribution in [0.2, 0.25) is 0 Å². The number of benzene rings is 5. The molecule has 0 amide bonds. The fraction of sp³-hybridized carbons (Fsp3) is 0.173. The highest BCUT2D eigenvalue weighted by atomic mass is 16.3. The first-order chi connectivity index (χ1) is 27.7. The largest absolute Gasteiger partial charge is 0.455 e. The second kappa shape index (κ2) is 15.1. The van der Waals surface area contributed by atoms with E-state index in [9.17, 15) is 0 Å². The average Bonchev–Trinajstić information content (AvgIpc) is 3.67. The third-order valence-corrected chi connectivity index (χ3v) is 11.9. The minimum atomic E-state index is 0.0633. The Labute approximate surface area is 329 Å². The molecule has 0 saturated carbocycles. The second-order valence-corrected chi connectivity index (χ2v) is 15.4. The van der Waals surface area contributed by atoms with E-state index in [1.165, 1.54) is 33.5 Å². The maximum atomic E-state index is 6.34. The van der Waals surface area contributed by atoms with E-state index in [1.54, 1.807) is 0 Å². The van der Waals surface area contributed by atoms with Crippen molar-refractivity contribution in [2.75, 3.05) is 5.32 Å². The van der Waals surface area contributed by atoms with Gasteiger partial charge < -0.3 is 9.73 Å². The van der Waals surface area contributed by atoms with Crippen LogP contribution in [-0.4, -0.2) is 17.9 Å². The molecule has 0 bridgehead atoms. The number of allylic oxidation sites excluding steroid dienone is 10. The Kier molecular flexibility index (Phi) is 9.26. The quantitative estimate of drug-likeness (QED) is 0.164. The molecule has 4 unspecified atom stereocenters. The summed E-state index contributed by atoms with van der Waals surface area (Å²) in [4.78, 5) is 5.39. The number of fused-ring (bicyclic) bond motifs is 3. The van der Waals surface area contributed by atoms with Crippen LogP contribution in [0.5, 0.6) is 0 Å². The highest BCUT2D eigenvalue weighted by Gasteiger charge is 2.33. The molecule has 1 aromatic heterocycles. The van der Waals surface area contributed by atoms with Gasteiger partial charge in [-0.05, 0) is 89.8 Å². The van der Waals surface area contributed by atoms with Gasteiger partial charge in [0.1, 0.15) is 17.3 Å². The van der Waals surface area contributed by atoms with Crippen molar-refractivity contribution >= 4 is 44.6 Å². The lowest BCUT2D eigenvalue weighted by Gasteiger charge is -2.37. The molecule has 2 heterocycles.